The molecule has 0 unspecified atom stereocenters. The standard InChI is InChI=1S/C23H26NOS/c1-2-8-18(9-3-1)10-4-5-11-19-14-16-20(17-15-19)25-23-24-21-12-6-7-13-22(21)26-23/h4,6-7,12-18H,1-3,5,8-11H2. The molecule has 1 aliphatic carbocycles. The largest absolute Gasteiger partial charge is 0.431 e. The van der Waals surface area contributed by atoms with Gasteiger partial charge < -0.3 is 4.74 Å². The molecule has 1 radical (unpaired) electrons. The fourth-order valence-electron chi connectivity index (χ4n) is 3.76. The van der Waals surface area contributed by atoms with Crippen LogP contribution in [0.2, 0.25) is 0 Å². The van der Waals surface area contributed by atoms with Gasteiger partial charge in [-0.05, 0) is 61.4 Å². The summed E-state index contributed by atoms with van der Waals surface area (Å²) >= 11 is 1.59. The van der Waals surface area contributed by atoms with Crippen LogP contribution in [-0.2, 0) is 6.42 Å². The first-order valence-electron chi connectivity index (χ1n) is 9.81. The number of nitrogens with zero attached hydrogens (tertiary/aromatic N) is 1. The first kappa shape index (κ1) is 17.5. The zero-order chi connectivity index (χ0) is 17.6. The Hall–Kier alpha value is -1.87. The molecule has 0 N–H and O–H groups in total. The molecule has 1 fully saturated rings. The lowest BCUT2D eigenvalue weighted by Gasteiger charge is -2.21. The monoisotopic (exact) mass is 364 g/mol. The predicted molar refractivity (Wildman–Crippen MR) is 110 cm³/mol. The van der Waals surface area contributed by atoms with Gasteiger partial charge >= 0.3 is 0 Å². The summed E-state index contributed by atoms with van der Waals surface area (Å²) in [4.78, 5) is 4.53. The normalized spacial score (nSPS) is 15.4. The highest BCUT2D eigenvalue weighted by atomic mass is 32.1. The van der Waals surface area contributed by atoms with Crippen molar-refractivity contribution in [1.29, 1.82) is 0 Å². The summed E-state index contributed by atoms with van der Waals surface area (Å²) in [5.41, 5.74) is 2.37. The SMILES string of the molecule is [CH](CCc1ccc(Oc2nc3ccccc3s2)cc1)CC1CCCCC1. The first-order chi connectivity index (χ1) is 12.9. The number of aryl methyl sites for hydroxylation is 1. The van der Waals surface area contributed by atoms with Crippen LogP contribution < -0.4 is 4.74 Å². The van der Waals surface area contributed by atoms with Crippen LogP contribution in [0.1, 0.15) is 50.5 Å². The van der Waals surface area contributed by atoms with E-state index >= 15 is 0 Å². The van der Waals surface area contributed by atoms with Gasteiger partial charge in [-0.1, -0.05) is 67.7 Å². The van der Waals surface area contributed by atoms with E-state index < -0.39 is 0 Å². The van der Waals surface area contributed by atoms with Gasteiger partial charge in [0.15, 0.2) is 0 Å². The number of ether oxygens (including phenoxy) is 1. The molecular weight excluding hydrogens is 338 g/mol. The van der Waals surface area contributed by atoms with Gasteiger partial charge in [0.05, 0.1) is 10.2 Å². The van der Waals surface area contributed by atoms with Crippen molar-refractivity contribution in [2.45, 2.75) is 51.4 Å². The lowest BCUT2D eigenvalue weighted by molar-refractivity contribution is 0.352. The minimum atomic E-state index is 0.708. The highest BCUT2D eigenvalue weighted by Gasteiger charge is 2.12. The number of fused-ring (bicyclic) bond motifs is 1. The number of aromatic nitrogens is 1. The van der Waals surface area contributed by atoms with Crippen molar-refractivity contribution in [3.8, 4) is 10.9 Å². The van der Waals surface area contributed by atoms with E-state index in [2.05, 4.69) is 41.7 Å². The number of rotatable bonds is 7. The molecule has 2 aromatic carbocycles. The summed E-state index contributed by atoms with van der Waals surface area (Å²) in [7, 11) is 0. The van der Waals surface area contributed by atoms with E-state index in [9.17, 15) is 0 Å². The highest BCUT2D eigenvalue weighted by Crippen LogP contribution is 2.31. The number of benzene rings is 2. The molecule has 135 valence electrons. The van der Waals surface area contributed by atoms with Crippen LogP contribution >= 0.6 is 11.3 Å². The van der Waals surface area contributed by atoms with Crippen LogP contribution in [0.25, 0.3) is 10.2 Å². The summed E-state index contributed by atoms with van der Waals surface area (Å²) in [5, 5.41) is 0.708. The topological polar surface area (TPSA) is 22.1 Å². The van der Waals surface area contributed by atoms with Gasteiger partial charge in [-0.2, -0.15) is 0 Å². The molecule has 2 nitrogen and oxygen atoms in total. The van der Waals surface area contributed by atoms with Gasteiger partial charge in [0.1, 0.15) is 5.75 Å². The summed E-state index contributed by atoms with van der Waals surface area (Å²) in [6, 6.07) is 16.6. The van der Waals surface area contributed by atoms with Crippen molar-refractivity contribution in [3.63, 3.8) is 0 Å². The molecule has 1 saturated carbocycles. The molecular formula is C23H26NOS. The maximum absolute atomic E-state index is 5.92. The van der Waals surface area contributed by atoms with Gasteiger partial charge in [-0.15, -0.1) is 0 Å². The summed E-state index contributed by atoms with van der Waals surface area (Å²) < 4.78 is 7.08. The molecule has 0 amide bonds. The summed E-state index contributed by atoms with van der Waals surface area (Å²) in [6.45, 7) is 0. The molecule has 0 atom stereocenters. The Labute approximate surface area is 160 Å². The van der Waals surface area contributed by atoms with Gasteiger partial charge in [-0.25, -0.2) is 4.98 Å². The third-order valence-corrected chi connectivity index (χ3v) is 6.18. The number of hydrogen-bond donors (Lipinski definition) is 0. The van der Waals surface area contributed by atoms with E-state index in [4.69, 9.17) is 4.74 Å². The van der Waals surface area contributed by atoms with Crippen molar-refractivity contribution in [1.82, 2.24) is 4.98 Å². The van der Waals surface area contributed by atoms with Crippen LogP contribution in [-0.4, -0.2) is 4.98 Å². The second-order valence-electron chi connectivity index (χ2n) is 7.26. The van der Waals surface area contributed by atoms with Crippen molar-refractivity contribution in [3.05, 3.63) is 60.5 Å². The van der Waals surface area contributed by atoms with E-state index in [0.717, 1.165) is 28.3 Å². The minimum Gasteiger partial charge on any atom is -0.431 e. The lowest BCUT2D eigenvalue weighted by atomic mass is 9.85. The molecule has 0 aliphatic heterocycles. The van der Waals surface area contributed by atoms with E-state index in [0.29, 0.717) is 5.19 Å². The smallest absolute Gasteiger partial charge is 0.279 e. The Kier molecular flexibility index (Phi) is 5.85. The first-order valence-corrected chi connectivity index (χ1v) is 10.6. The van der Waals surface area contributed by atoms with Crippen LogP contribution in [0.3, 0.4) is 0 Å². The Balaban J connectivity index is 1.25. The maximum Gasteiger partial charge on any atom is 0.279 e. The zero-order valence-electron chi connectivity index (χ0n) is 15.2. The third-order valence-electron chi connectivity index (χ3n) is 5.26. The van der Waals surface area contributed by atoms with Crippen molar-refractivity contribution < 1.29 is 4.74 Å². The molecule has 0 saturated heterocycles. The lowest BCUT2D eigenvalue weighted by Crippen LogP contribution is -2.06. The van der Waals surface area contributed by atoms with E-state index in [-0.39, 0.29) is 0 Å². The molecule has 1 aliphatic rings. The Bertz CT molecular complexity index is 785. The number of thiazole rings is 1. The maximum atomic E-state index is 5.92. The van der Waals surface area contributed by atoms with E-state index in [1.54, 1.807) is 11.3 Å². The second kappa shape index (κ2) is 8.68. The van der Waals surface area contributed by atoms with Gasteiger partial charge in [0, 0.05) is 0 Å². The fourth-order valence-corrected chi connectivity index (χ4v) is 4.60. The molecule has 4 rings (SSSR count). The summed E-state index contributed by atoms with van der Waals surface area (Å²) in [6.07, 6.45) is 13.3. The molecule has 0 spiro atoms. The molecule has 26 heavy (non-hydrogen) atoms. The predicted octanol–water partition coefficient (Wildman–Crippen LogP) is 7.20. The quantitative estimate of drug-likeness (QED) is 0.414. The van der Waals surface area contributed by atoms with Crippen molar-refractivity contribution >= 4 is 21.6 Å². The molecule has 1 heterocycles. The Morgan fingerprint density at radius 3 is 2.62 bits per heavy atom. The van der Waals surface area contributed by atoms with Crippen LogP contribution in [0.4, 0.5) is 0 Å². The average molecular weight is 365 g/mol. The van der Waals surface area contributed by atoms with E-state index in [1.807, 2.05) is 18.2 Å². The van der Waals surface area contributed by atoms with Gasteiger partial charge in [-0.3, -0.25) is 0 Å². The van der Waals surface area contributed by atoms with Crippen molar-refractivity contribution in [2.75, 3.05) is 0 Å². The van der Waals surface area contributed by atoms with Crippen LogP contribution in [0.5, 0.6) is 10.9 Å². The third kappa shape index (κ3) is 4.64. The Morgan fingerprint density at radius 1 is 1.00 bits per heavy atom. The number of unbranched alkanes of at least 4 members (excludes halogenated alkanes) is 1. The second-order valence-corrected chi connectivity index (χ2v) is 8.25. The van der Waals surface area contributed by atoms with E-state index in [1.165, 1.54) is 50.5 Å². The Morgan fingerprint density at radius 2 is 1.81 bits per heavy atom. The average Bonchev–Trinajstić information content (AvgIpc) is 3.10. The zero-order valence-corrected chi connectivity index (χ0v) is 16.0. The van der Waals surface area contributed by atoms with Gasteiger partial charge in [0.2, 0.25) is 0 Å². The van der Waals surface area contributed by atoms with Crippen molar-refractivity contribution in [2.24, 2.45) is 5.92 Å². The van der Waals surface area contributed by atoms with Crippen LogP contribution in [0, 0.1) is 12.3 Å². The van der Waals surface area contributed by atoms with Crippen LogP contribution in [0.15, 0.2) is 48.5 Å². The number of hydrogen-bond acceptors (Lipinski definition) is 3. The molecule has 3 aromatic rings. The molecule has 3 heteroatoms. The molecule has 1 aromatic heterocycles. The van der Waals surface area contributed by atoms with Gasteiger partial charge in [0.25, 0.3) is 5.19 Å². The minimum absolute atomic E-state index is 0.708. The summed E-state index contributed by atoms with van der Waals surface area (Å²) in [5.74, 6) is 1.81. The fraction of sp³-hybridized carbons (Fsp3) is 0.391. The highest BCUT2D eigenvalue weighted by molar-refractivity contribution is 7.20. The number of para-hydroxylation sites is 1. The molecule has 0 bridgehead atoms.